The molecular weight excluding hydrogens is 236 g/mol. The van der Waals surface area contributed by atoms with Gasteiger partial charge in [0.1, 0.15) is 0 Å². The summed E-state index contributed by atoms with van der Waals surface area (Å²) in [5.41, 5.74) is 0. The van der Waals surface area contributed by atoms with Crippen LogP contribution in [0.5, 0.6) is 0 Å². The Morgan fingerprint density at radius 3 is 2.12 bits per heavy atom. The van der Waals surface area contributed by atoms with Crippen LogP contribution in [0.25, 0.3) is 0 Å². The summed E-state index contributed by atoms with van der Waals surface area (Å²) >= 11 is 0. The number of carbonyl (C=O) groups is 2. The molecule has 16 heavy (non-hydrogen) atoms. The Hall–Kier alpha value is 0.200. The average Bonchev–Trinajstić information content (AvgIpc) is 2.16. The zero-order valence-electron chi connectivity index (χ0n) is 11.8. The van der Waals surface area contributed by atoms with Gasteiger partial charge in [-0.15, -0.1) is 0 Å². The van der Waals surface area contributed by atoms with Gasteiger partial charge >= 0.3 is 49.7 Å². The second-order valence-electron chi connectivity index (χ2n) is 4.65. The van der Waals surface area contributed by atoms with E-state index in [1.165, 1.54) is 0 Å². The summed E-state index contributed by atoms with van der Waals surface area (Å²) < 4.78 is 0. The minimum absolute atomic E-state index is 0. The van der Waals surface area contributed by atoms with Crippen molar-refractivity contribution in [2.24, 2.45) is 23.7 Å². The topological polar surface area (TPSA) is 74.6 Å². The summed E-state index contributed by atoms with van der Waals surface area (Å²) in [6, 6.07) is 0. The molecule has 3 atom stereocenters. The van der Waals surface area contributed by atoms with Gasteiger partial charge in [0.25, 0.3) is 0 Å². The quantitative estimate of drug-likeness (QED) is 0.753. The fourth-order valence-corrected chi connectivity index (χ4v) is 2.61. The summed E-state index contributed by atoms with van der Waals surface area (Å²) in [6.45, 7) is 3.93. The molecule has 0 bridgehead atoms. The Labute approximate surface area is 128 Å². The first-order chi connectivity index (χ1) is 6.95. The van der Waals surface area contributed by atoms with E-state index in [9.17, 15) is 9.59 Å². The maximum atomic E-state index is 11.1. The standard InChI is InChI=1S/C11H18O4.Ca.2H/c1-6(2)7-4-3-5-8(10(12)13)9(7)11(14)15;;;/h6-9H,3-5H2,1-2H3,(H,12,13)(H,14,15);;;/q;+2;2*-1. The first-order valence-electron chi connectivity index (χ1n) is 5.40. The van der Waals surface area contributed by atoms with E-state index in [0.29, 0.717) is 6.42 Å². The van der Waals surface area contributed by atoms with Crippen molar-refractivity contribution in [2.75, 3.05) is 0 Å². The van der Waals surface area contributed by atoms with E-state index >= 15 is 0 Å². The third kappa shape index (κ3) is 3.60. The van der Waals surface area contributed by atoms with E-state index in [1.807, 2.05) is 13.8 Å². The minimum atomic E-state index is -0.965. The Kier molecular flexibility index (Phi) is 6.90. The smallest absolute Gasteiger partial charge is 1.00 e. The van der Waals surface area contributed by atoms with E-state index in [-0.39, 0.29) is 52.4 Å². The largest absolute Gasteiger partial charge is 2.00 e. The fourth-order valence-electron chi connectivity index (χ4n) is 2.61. The third-order valence-corrected chi connectivity index (χ3v) is 3.41. The molecule has 1 aliphatic rings. The first-order valence-corrected chi connectivity index (χ1v) is 5.40. The van der Waals surface area contributed by atoms with Crippen molar-refractivity contribution in [3.8, 4) is 0 Å². The molecule has 3 unspecified atom stereocenters. The molecule has 90 valence electrons. The fraction of sp³-hybridized carbons (Fsp3) is 0.818. The van der Waals surface area contributed by atoms with Crippen LogP contribution in [-0.4, -0.2) is 59.9 Å². The molecule has 2 N–H and O–H groups in total. The molecule has 0 aromatic rings. The first kappa shape index (κ1) is 16.2. The Morgan fingerprint density at radius 2 is 1.75 bits per heavy atom. The predicted octanol–water partition coefficient (Wildman–Crippen LogP) is 1.69. The van der Waals surface area contributed by atoms with Gasteiger partial charge in [0.15, 0.2) is 0 Å². The van der Waals surface area contributed by atoms with Gasteiger partial charge in [0.05, 0.1) is 11.8 Å². The summed E-state index contributed by atoms with van der Waals surface area (Å²) in [5.74, 6) is -3.11. The molecule has 0 spiro atoms. The molecule has 4 nitrogen and oxygen atoms in total. The molecular formula is C11H20CaO4. The Bertz CT molecular complexity index is 274. The molecule has 5 heteroatoms. The number of rotatable bonds is 3. The molecule has 0 aromatic carbocycles. The average molecular weight is 256 g/mol. The van der Waals surface area contributed by atoms with Gasteiger partial charge in [-0.25, -0.2) is 0 Å². The SMILES string of the molecule is CC(C)C1CCCC(C(=O)O)C1C(=O)O.[Ca+2].[H-].[H-]. The van der Waals surface area contributed by atoms with Gasteiger partial charge in [0, 0.05) is 0 Å². The summed E-state index contributed by atoms with van der Waals surface area (Å²) in [4.78, 5) is 22.1. The van der Waals surface area contributed by atoms with Gasteiger partial charge in [-0.05, 0) is 24.7 Å². The van der Waals surface area contributed by atoms with Crippen LogP contribution in [0.4, 0.5) is 0 Å². The van der Waals surface area contributed by atoms with Crippen LogP contribution < -0.4 is 0 Å². The van der Waals surface area contributed by atoms with E-state index in [1.54, 1.807) is 0 Å². The maximum Gasteiger partial charge on any atom is 2.00 e. The van der Waals surface area contributed by atoms with Crippen LogP contribution in [-0.2, 0) is 9.59 Å². The molecule has 1 fully saturated rings. The molecule has 1 saturated carbocycles. The predicted molar refractivity (Wildman–Crippen MR) is 62.4 cm³/mol. The minimum Gasteiger partial charge on any atom is -1.00 e. The van der Waals surface area contributed by atoms with Crippen LogP contribution >= 0.6 is 0 Å². The molecule has 0 amide bonds. The number of hydrogen-bond donors (Lipinski definition) is 2. The summed E-state index contributed by atoms with van der Waals surface area (Å²) in [7, 11) is 0. The molecule has 0 aliphatic heterocycles. The van der Waals surface area contributed by atoms with Crippen LogP contribution in [0.2, 0.25) is 0 Å². The normalized spacial score (nSPS) is 29.6. The number of carboxylic acid groups (broad SMARTS) is 2. The maximum absolute atomic E-state index is 11.1. The van der Waals surface area contributed by atoms with Gasteiger partial charge < -0.3 is 13.1 Å². The Balaban J connectivity index is -0.000000750. The van der Waals surface area contributed by atoms with Crippen molar-refractivity contribution in [1.82, 2.24) is 0 Å². The van der Waals surface area contributed by atoms with Crippen LogP contribution in [0.15, 0.2) is 0 Å². The molecule has 0 heterocycles. The molecule has 1 aliphatic carbocycles. The van der Waals surface area contributed by atoms with Crippen molar-refractivity contribution in [1.29, 1.82) is 0 Å². The van der Waals surface area contributed by atoms with Crippen molar-refractivity contribution in [3.05, 3.63) is 0 Å². The van der Waals surface area contributed by atoms with E-state index in [4.69, 9.17) is 10.2 Å². The van der Waals surface area contributed by atoms with Crippen molar-refractivity contribution >= 4 is 49.7 Å². The number of carboxylic acids is 2. The van der Waals surface area contributed by atoms with Gasteiger partial charge in [-0.1, -0.05) is 20.3 Å². The van der Waals surface area contributed by atoms with Crippen LogP contribution in [0.1, 0.15) is 36.0 Å². The second kappa shape index (κ2) is 6.82. The molecule has 0 radical (unpaired) electrons. The zero-order chi connectivity index (χ0) is 11.6. The van der Waals surface area contributed by atoms with E-state index in [0.717, 1.165) is 12.8 Å². The summed E-state index contributed by atoms with van der Waals surface area (Å²) in [6.07, 6.45) is 2.15. The zero-order valence-corrected chi connectivity index (χ0v) is 12.1. The monoisotopic (exact) mass is 256 g/mol. The Morgan fingerprint density at radius 1 is 1.19 bits per heavy atom. The van der Waals surface area contributed by atoms with Crippen molar-refractivity contribution in [3.63, 3.8) is 0 Å². The molecule has 0 aromatic heterocycles. The molecule has 1 rings (SSSR count). The third-order valence-electron chi connectivity index (χ3n) is 3.41. The van der Waals surface area contributed by atoms with E-state index in [2.05, 4.69) is 0 Å². The van der Waals surface area contributed by atoms with Crippen molar-refractivity contribution in [2.45, 2.75) is 33.1 Å². The molecule has 0 saturated heterocycles. The van der Waals surface area contributed by atoms with Crippen LogP contribution in [0, 0.1) is 23.7 Å². The van der Waals surface area contributed by atoms with E-state index < -0.39 is 23.8 Å². The summed E-state index contributed by atoms with van der Waals surface area (Å²) in [5, 5.41) is 18.1. The van der Waals surface area contributed by atoms with Gasteiger partial charge in [-0.3, -0.25) is 9.59 Å². The van der Waals surface area contributed by atoms with Gasteiger partial charge in [0.2, 0.25) is 0 Å². The second-order valence-corrected chi connectivity index (χ2v) is 4.65. The van der Waals surface area contributed by atoms with Gasteiger partial charge in [-0.2, -0.15) is 0 Å². The van der Waals surface area contributed by atoms with Crippen molar-refractivity contribution < 1.29 is 22.7 Å². The number of hydrogen-bond acceptors (Lipinski definition) is 2. The van der Waals surface area contributed by atoms with Crippen LogP contribution in [0.3, 0.4) is 0 Å². The number of aliphatic carboxylic acids is 2.